The highest BCUT2D eigenvalue weighted by Gasteiger charge is 2.43. The Kier molecular flexibility index (Phi) is 5.05. The zero-order chi connectivity index (χ0) is 16.4. The van der Waals surface area contributed by atoms with Gasteiger partial charge in [0, 0.05) is 25.6 Å². The van der Waals surface area contributed by atoms with Gasteiger partial charge >= 0.3 is 0 Å². The molecule has 3 nitrogen and oxygen atoms in total. The first-order valence-electron chi connectivity index (χ1n) is 9.00. The van der Waals surface area contributed by atoms with Crippen molar-refractivity contribution in [1.82, 2.24) is 9.80 Å². The summed E-state index contributed by atoms with van der Waals surface area (Å²) in [4.78, 5) is 16.9. The number of carbonyl (C=O) groups is 1. The van der Waals surface area contributed by atoms with E-state index in [-0.39, 0.29) is 0 Å². The summed E-state index contributed by atoms with van der Waals surface area (Å²) in [5.41, 5.74) is 1.26. The lowest BCUT2D eigenvalue weighted by Crippen LogP contribution is -2.36. The molecule has 3 heteroatoms. The van der Waals surface area contributed by atoms with E-state index in [0.717, 1.165) is 24.3 Å². The van der Waals surface area contributed by atoms with Crippen molar-refractivity contribution in [3.05, 3.63) is 35.9 Å². The quantitative estimate of drug-likeness (QED) is 0.833. The van der Waals surface area contributed by atoms with Gasteiger partial charge in [-0.3, -0.25) is 4.79 Å². The Bertz CT molecular complexity index is 514. The van der Waals surface area contributed by atoms with Crippen molar-refractivity contribution < 1.29 is 4.79 Å². The summed E-state index contributed by atoms with van der Waals surface area (Å²) in [7, 11) is 6.41. The van der Waals surface area contributed by atoms with E-state index in [0.29, 0.717) is 18.4 Å². The van der Waals surface area contributed by atoms with Crippen LogP contribution in [0, 0.1) is 11.8 Å². The second kappa shape index (κ2) is 7.04. The maximum atomic E-state index is 12.5. The van der Waals surface area contributed by atoms with Crippen LogP contribution in [0.4, 0.5) is 0 Å². The fourth-order valence-corrected chi connectivity index (χ4v) is 4.57. The molecule has 0 saturated heterocycles. The molecule has 2 aliphatic carbocycles. The fourth-order valence-electron chi connectivity index (χ4n) is 4.57. The number of amides is 1. The van der Waals surface area contributed by atoms with Gasteiger partial charge in [0.05, 0.1) is 0 Å². The van der Waals surface area contributed by atoms with Gasteiger partial charge < -0.3 is 9.80 Å². The van der Waals surface area contributed by atoms with Crippen molar-refractivity contribution in [3.63, 3.8) is 0 Å². The summed E-state index contributed by atoms with van der Waals surface area (Å²) in [6.07, 6.45) is 6.55. The zero-order valence-corrected chi connectivity index (χ0v) is 14.7. The van der Waals surface area contributed by atoms with Crippen LogP contribution in [0.1, 0.15) is 37.7 Å². The lowest BCUT2D eigenvalue weighted by molar-refractivity contribution is -0.131. The molecule has 1 aromatic rings. The number of hydrogen-bond donors (Lipinski definition) is 0. The number of aryl methyl sites for hydroxylation is 1. The maximum Gasteiger partial charge on any atom is 0.222 e. The molecule has 0 radical (unpaired) electrons. The van der Waals surface area contributed by atoms with Gasteiger partial charge in [-0.05, 0) is 63.6 Å². The molecule has 0 heterocycles. The number of fused-ring (bicyclic) bond motifs is 1. The standard InChI is InChI=1S/C20H30N2O/c1-21(2)18-11-16-13-19(14-17(16)12-18)22(3)20(23)10-9-15-7-5-4-6-8-15/h4-8,16-19H,9-14H2,1-3H3/t16-,17+,18?,19?. The van der Waals surface area contributed by atoms with Gasteiger partial charge in [0.25, 0.3) is 0 Å². The van der Waals surface area contributed by atoms with Crippen molar-refractivity contribution in [2.45, 2.75) is 50.6 Å². The van der Waals surface area contributed by atoms with E-state index in [9.17, 15) is 4.79 Å². The Labute approximate surface area is 140 Å². The molecule has 126 valence electrons. The Morgan fingerprint density at radius 2 is 1.52 bits per heavy atom. The molecule has 2 aliphatic rings. The smallest absolute Gasteiger partial charge is 0.222 e. The largest absolute Gasteiger partial charge is 0.343 e. The molecule has 3 rings (SSSR count). The summed E-state index contributed by atoms with van der Waals surface area (Å²) in [6, 6.07) is 11.5. The highest BCUT2D eigenvalue weighted by Crippen LogP contribution is 2.46. The number of rotatable bonds is 5. The second-order valence-electron chi connectivity index (χ2n) is 7.72. The minimum atomic E-state index is 0.308. The molecule has 2 saturated carbocycles. The van der Waals surface area contributed by atoms with E-state index in [4.69, 9.17) is 0 Å². The second-order valence-corrected chi connectivity index (χ2v) is 7.72. The van der Waals surface area contributed by atoms with E-state index in [1.165, 1.54) is 31.2 Å². The average molecular weight is 314 g/mol. The van der Waals surface area contributed by atoms with Gasteiger partial charge in [-0.1, -0.05) is 30.3 Å². The number of benzene rings is 1. The van der Waals surface area contributed by atoms with Crippen molar-refractivity contribution in [1.29, 1.82) is 0 Å². The molecule has 2 fully saturated rings. The molecule has 0 spiro atoms. The molecular formula is C20H30N2O. The van der Waals surface area contributed by atoms with Crippen LogP contribution in [-0.4, -0.2) is 48.9 Å². The predicted octanol–water partition coefficient (Wildman–Crippen LogP) is 3.20. The van der Waals surface area contributed by atoms with E-state index in [1.807, 2.05) is 30.1 Å². The van der Waals surface area contributed by atoms with Crippen molar-refractivity contribution in [2.24, 2.45) is 11.8 Å². The number of nitrogens with zero attached hydrogens (tertiary/aromatic N) is 2. The van der Waals surface area contributed by atoms with Crippen LogP contribution < -0.4 is 0 Å². The Balaban J connectivity index is 1.48. The third-order valence-electron chi connectivity index (χ3n) is 6.11. The van der Waals surface area contributed by atoms with Crippen LogP contribution in [0.2, 0.25) is 0 Å². The van der Waals surface area contributed by atoms with Crippen LogP contribution >= 0.6 is 0 Å². The summed E-state index contributed by atoms with van der Waals surface area (Å²) < 4.78 is 0. The predicted molar refractivity (Wildman–Crippen MR) is 94.2 cm³/mol. The van der Waals surface area contributed by atoms with Crippen LogP contribution in [0.15, 0.2) is 30.3 Å². The van der Waals surface area contributed by atoms with Gasteiger partial charge in [0.15, 0.2) is 0 Å². The maximum absolute atomic E-state index is 12.5. The summed E-state index contributed by atoms with van der Waals surface area (Å²) in [6.45, 7) is 0. The Morgan fingerprint density at radius 3 is 2.09 bits per heavy atom. The Hall–Kier alpha value is -1.35. The molecule has 1 aromatic carbocycles. The third kappa shape index (κ3) is 3.77. The van der Waals surface area contributed by atoms with Gasteiger partial charge in [-0.2, -0.15) is 0 Å². The van der Waals surface area contributed by atoms with Crippen molar-refractivity contribution in [3.8, 4) is 0 Å². The average Bonchev–Trinajstić information content (AvgIpc) is 3.11. The van der Waals surface area contributed by atoms with E-state index in [2.05, 4.69) is 31.1 Å². The van der Waals surface area contributed by atoms with Gasteiger partial charge in [0.2, 0.25) is 5.91 Å². The highest BCUT2D eigenvalue weighted by molar-refractivity contribution is 5.76. The number of carbonyl (C=O) groups excluding carboxylic acids is 1. The van der Waals surface area contributed by atoms with Crippen LogP contribution in [0.5, 0.6) is 0 Å². The highest BCUT2D eigenvalue weighted by atomic mass is 16.2. The number of hydrogen-bond acceptors (Lipinski definition) is 2. The molecule has 0 aromatic heterocycles. The van der Waals surface area contributed by atoms with Crippen molar-refractivity contribution in [2.75, 3.05) is 21.1 Å². The lowest BCUT2D eigenvalue weighted by Gasteiger charge is -2.27. The third-order valence-corrected chi connectivity index (χ3v) is 6.11. The normalized spacial score (nSPS) is 29.7. The first-order chi connectivity index (χ1) is 11.0. The first kappa shape index (κ1) is 16.5. The van der Waals surface area contributed by atoms with Crippen LogP contribution in [0.25, 0.3) is 0 Å². The minimum Gasteiger partial charge on any atom is -0.343 e. The summed E-state index contributed by atoms with van der Waals surface area (Å²) in [5.74, 6) is 1.97. The van der Waals surface area contributed by atoms with Gasteiger partial charge in [-0.25, -0.2) is 0 Å². The summed E-state index contributed by atoms with van der Waals surface area (Å²) in [5, 5.41) is 0. The fraction of sp³-hybridized carbons (Fsp3) is 0.650. The van der Waals surface area contributed by atoms with Gasteiger partial charge in [-0.15, -0.1) is 0 Å². The van der Waals surface area contributed by atoms with Crippen LogP contribution in [0.3, 0.4) is 0 Å². The zero-order valence-electron chi connectivity index (χ0n) is 14.7. The molecule has 2 unspecified atom stereocenters. The van der Waals surface area contributed by atoms with Crippen LogP contribution in [-0.2, 0) is 11.2 Å². The van der Waals surface area contributed by atoms with Gasteiger partial charge in [0.1, 0.15) is 0 Å². The van der Waals surface area contributed by atoms with Crippen molar-refractivity contribution >= 4 is 5.91 Å². The molecular weight excluding hydrogens is 284 g/mol. The first-order valence-corrected chi connectivity index (χ1v) is 9.00. The molecule has 4 atom stereocenters. The minimum absolute atomic E-state index is 0.308. The van der Waals surface area contributed by atoms with E-state index in [1.54, 1.807) is 0 Å². The van der Waals surface area contributed by atoms with E-state index < -0.39 is 0 Å². The molecule has 0 bridgehead atoms. The topological polar surface area (TPSA) is 23.6 Å². The molecule has 0 aliphatic heterocycles. The molecule has 0 N–H and O–H groups in total. The Morgan fingerprint density at radius 1 is 0.957 bits per heavy atom. The lowest BCUT2D eigenvalue weighted by atomic mass is 10.0. The van der Waals surface area contributed by atoms with E-state index >= 15 is 0 Å². The molecule has 23 heavy (non-hydrogen) atoms. The monoisotopic (exact) mass is 314 g/mol. The molecule has 1 amide bonds. The SMILES string of the molecule is CN(C)C1C[C@@H]2CC(N(C)C(=O)CCc3ccccc3)C[C@@H]2C1. The summed E-state index contributed by atoms with van der Waals surface area (Å²) >= 11 is 0.